The number of ether oxygens (including phenoxy) is 2. The number of carbonyl (C=O) groups is 4. The van der Waals surface area contributed by atoms with Gasteiger partial charge in [-0.05, 0) is 79.6 Å². The Kier molecular flexibility index (Phi) is 6.58. The van der Waals surface area contributed by atoms with Crippen molar-refractivity contribution in [1.82, 2.24) is 0 Å². The zero-order chi connectivity index (χ0) is 24.0. The van der Waals surface area contributed by atoms with Crippen molar-refractivity contribution in [2.45, 2.75) is 98.2 Å². The maximum absolute atomic E-state index is 13.6. The third kappa shape index (κ3) is 4.08. The van der Waals surface area contributed by atoms with E-state index in [1.165, 1.54) is 5.57 Å². The maximum atomic E-state index is 13.6. The van der Waals surface area contributed by atoms with Crippen molar-refractivity contribution in [3.05, 3.63) is 11.6 Å². The summed E-state index contributed by atoms with van der Waals surface area (Å²) in [5.41, 5.74) is 1.25. The zero-order valence-corrected chi connectivity index (χ0v) is 20.5. The first kappa shape index (κ1) is 24.2. The van der Waals surface area contributed by atoms with Crippen LogP contribution in [-0.4, -0.2) is 29.8 Å². The fourth-order valence-electron chi connectivity index (χ4n) is 7.74. The van der Waals surface area contributed by atoms with Gasteiger partial charge in [0.05, 0.1) is 0 Å². The topological polar surface area (TPSA) is 86.7 Å². The van der Waals surface area contributed by atoms with Crippen LogP contribution in [0.25, 0.3) is 0 Å². The number of Topliss-reactive ketones (excluding diaryl/α,β-unsaturated/α-hetero) is 1. The van der Waals surface area contributed by atoms with E-state index in [1.54, 1.807) is 13.8 Å². The van der Waals surface area contributed by atoms with Gasteiger partial charge in [-0.15, -0.1) is 0 Å². The standard InChI is InChI=1S/C27H38O6/c1-5-22(29)32-25(33-23(30)6-2)24(31)21-10-9-19-18-8-7-16-15-17(28)11-13-26(16,3)20(18)12-14-27(19,21)4/h15,18-21,25H,5-14H2,1-4H3/t18-,19-,20-,21+,26-,27-/m0/s1. The third-order valence-electron chi connectivity index (χ3n) is 9.59. The molecule has 0 aromatic rings. The quantitative estimate of drug-likeness (QED) is 0.414. The molecule has 33 heavy (non-hydrogen) atoms. The molecule has 0 radical (unpaired) electrons. The third-order valence-corrected chi connectivity index (χ3v) is 9.59. The summed E-state index contributed by atoms with van der Waals surface area (Å²) in [5.74, 6) is 0.163. The van der Waals surface area contributed by atoms with Gasteiger partial charge < -0.3 is 9.47 Å². The monoisotopic (exact) mass is 458 g/mol. The molecule has 4 aliphatic rings. The van der Waals surface area contributed by atoms with Crippen molar-refractivity contribution in [2.24, 2.45) is 34.5 Å². The van der Waals surface area contributed by atoms with Crippen molar-refractivity contribution in [3.8, 4) is 0 Å². The smallest absolute Gasteiger partial charge is 0.308 e. The molecule has 0 saturated heterocycles. The van der Waals surface area contributed by atoms with Crippen molar-refractivity contribution >= 4 is 23.5 Å². The number of esters is 2. The molecule has 3 saturated carbocycles. The summed E-state index contributed by atoms with van der Waals surface area (Å²) in [5, 5.41) is 0. The van der Waals surface area contributed by atoms with Crippen molar-refractivity contribution < 1.29 is 28.7 Å². The second-order valence-corrected chi connectivity index (χ2v) is 11.1. The van der Waals surface area contributed by atoms with E-state index in [-0.39, 0.29) is 41.2 Å². The number of rotatable bonds is 6. The van der Waals surface area contributed by atoms with Crippen LogP contribution in [0.15, 0.2) is 11.6 Å². The van der Waals surface area contributed by atoms with Gasteiger partial charge in [0.15, 0.2) is 5.78 Å². The SMILES string of the molecule is CCC(=O)OC(OC(=O)CC)C(=O)[C@H]1CC[C@H]2[C@@H]3CCC4=CC(=O)CC[C@]4(C)[C@H]3CC[C@]12C. The van der Waals surface area contributed by atoms with Crippen LogP contribution in [0, 0.1) is 34.5 Å². The lowest BCUT2D eigenvalue weighted by atomic mass is 9.46. The van der Waals surface area contributed by atoms with Crippen LogP contribution in [-0.2, 0) is 28.7 Å². The van der Waals surface area contributed by atoms with E-state index >= 15 is 0 Å². The Hall–Kier alpha value is -1.98. The molecule has 182 valence electrons. The number of carbonyl (C=O) groups excluding carboxylic acids is 4. The summed E-state index contributed by atoms with van der Waals surface area (Å²) in [7, 11) is 0. The van der Waals surface area contributed by atoms with Gasteiger partial charge in [0, 0.05) is 25.2 Å². The number of allylic oxidation sites excluding steroid dienone is 1. The first-order chi connectivity index (χ1) is 15.6. The van der Waals surface area contributed by atoms with Crippen LogP contribution in [0.3, 0.4) is 0 Å². The molecule has 6 nitrogen and oxygen atoms in total. The van der Waals surface area contributed by atoms with Crippen LogP contribution in [0.5, 0.6) is 0 Å². The van der Waals surface area contributed by atoms with Crippen LogP contribution >= 0.6 is 0 Å². The summed E-state index contributed by atoms with van der Waals surface area (Å²) in [4.78, 5) is 49.6. The van der Waals surface area contributed by atoms with Crippen molar-refractivity contribution in [2.75, 3.05) is 0 Å². The molecule has 0 bridgehead atoms. The highest BCUT2D eigenvalue weighted by Crippen LogP contribution is 2.66. The molecule has 0 spiro atoms. The molecule has 0 amide bonds. The Morgan fingerprint density at radius 1 is 0.939 bits per heavy atom. The average molecular weight is 459 g/mol. The van der Waals surface area contributed by atoms with E-state index in [9.17, 15) is 19.2 Å². The highest BCUT2D eigenvalue weighted by molar-refractivity contribution is 5.91. The summed E-state index contributed by atoms with van der Waals surface area (Å²) >= 11 is 0. The number of hydrogen-bond acceptors (Lipinski definition) is 6. The van der Waals surface area contributed by atoms with Crippen LogP contribution in [0.4, 0.5) is 0 Å². The molecule has 0 heterocycles. The minimum Gasteiger partial charge on any atom is -0.417 e. The Morgan fingerprint density at radius 3 is 2.24 bits per heavy atom. The lowest BCUT2D eigenvalue weighted by Crippen LogP contribution is -2.52. The molecular weight excluding hydrogens is 420 g/mol. The Morgan fingerprint density at radius 2 is 1.61 bits per heavy atom. The average Bonchev–Trinajstić information content (AvgIpc) is 3.15. The molecular formula is C27H38O6. The van der Waals surface area contributed by atoms with E-state index in [2.05, 4.69) is 13.8 Å². The van der Waals surface area contributed by atoms with E-state index in [0.717, 1.165) is 44.9 Å². The number of fused-ring (bicyclic) bond motifs is 5. The largest absolute Gasteiger partial charge is 0.417 e. The van der Waals surface area contributed by atoms with Gasteiger partial charge in [0.25, 0.3) is 0 Å². The normalized spacial score (nSPS) is 37.5. The van der Waals surface area contributed by atoms with Crippen LogP contribution in [0.2, 0.25) is 0 Å². The summed E-state index contributed by atoms with van der Waals surface area (Å²) < 4.78 is 10.6. The molecule has 3 fully saturated rings. The van der Waals surface area contributed by atoms with Crippen LogP contribution in [0.1, 0.15) is 91.9 Å². The Labute approximate surface area is 196 Å². The lowest BCUT2D eigenvalue weighted by Gasteiger charge is -2.58. The number of ketones is 2. The van der Waals surface area contributed by atoms with Crippen molar-refractivity contribution in [1.29, 1.82) is 0 Å². The van der Waals surface area contributed by atoms with E-state index in [0.29, 0.717) is 24.2 Å². The first-order valence-electron chi connectivity index (χ1n) is 12.8. The van der Waals surface area contributed by atoms with E-state index in [1.807, 2.05) is 6.08 Å². The molecule has 4 aliphatic carbocycles. The molecule has 6 atom stereocenters. The van der Waals surface area contributed by atoms with E-state index in [4.69, 9.17) is 9.47 Å². The molecule has 0 unspecified atom stereocenters. The summed E-state index contributed by atoms with van der Waals surface area (Å²) in [6, 6.07) is 0. The highest BCUT2D eigenvalue weighted by Gasteiger charge is 2.61. The predicted octanol–water partition coefficient (Wildman–Crippen LogP) is 4.94. The minimum atomic E-state index is -1.44. The van der Waals surface area contributed by atoms with Crippen LogP contribution < -0.4 is 0 Å². The van der Waals surface area contributed by atoms with Crippen molar-refractivity contribution in [3.63, 3.8) is 0 Å². The molecule has 0 aliphatic heterocycles. The molecule has 6 heteroatoms. The van der Waals surface area contributed by atoms with Gasteiger partial charge in [-0.25, -0.2) is 0 Å². The molecule has 0 N–H and O–H groups in total. The minimum absolute atomic E-state index is 0.0934. The Bertz CT molecular complexity index is 856. The van der Waals surface area contributed by atoms with Gasteiger partial charge in [0.2, 0.25) is 5.78 Å². The first-order valence-corrected chi connectivity index (χ1v) is 12.8. The molecule has 0 aromatic carbocycles. The Balaban J connectivity index is 1.56. The second kappa shape index (κ2) is 8.99. The highest BCUT2D eigenvalue weighted by atomic mass is 16.7. The fraction of sp³-hybridized carbons (Fsp3) is 0.778. The fourth-order valence-corrected chi connectivity index (χ4v) is 7.74. The predicted molar refractivity (Wildman–Crippen MR) is 122 cm³/mol. The summed E-state index contributed by atoms with van der Waals surface area (Å²) in [6.07, 6.45) is 8.03. The lowest BCUT2D eigenvalue weighted by molar-refractivity contribution is -0.195. The van der Waals surface area contributed by atoms with Gasteiger partial charge in [-0.1, -0.05) is 33.3 Å². The molecule has 0 aromatic heterocycles. The van der Waals surface area contributed by atoms with Gasteiger partial charge >= 0.3 is 18.2 Å². The zero-order valence-electron chi connectivity index (χ0n) is 20.5. The maximum Gasteiger partial charge on any atom is 0.308 e. The number of hydrogen-bond donors (Lipinski definition) is 0. The van der Waals surface area contributed by atoms with E-state index < -0.39 is 18.2 Å². The van der Waals surface area contributed by atoms with Gasteiger partial charge in [0.1, 0.15) is 0 Å². The summed E-state index contributed by atoms with van der Waals surface area (Å²) in [6.45, 7) is 7.89. The van der Waals surface area contributed by atoms with Gasteiger partial charge in [-0.3, -0.25) is 19.2 Å². The second-order valence-electron chi connectivity index (χ2n) is 11.1. The molecule has 4 rings (SSSR count). The van der Waals surface area contributed by atoms with Gasteiger partial charge in [-0.2, -0.15) is 0 Å².